The van der Waals surface area contributed by atoms with Crippen LogP contribution in [0.5, 0.6) is 0 Å². The minimum atomic E-state index is 0.0109. The summed E-state index contributed by atoms with van der Waals surface area (Å²) in [6, 6.07) is 3.95. The molecule has 1 saturated carbocycles. The highest BCUT2D eigenvalue weighted by molar-refractivity contribution is 5.83. The summed E-state index contributed by atoms with van der Waals surface area (Å²) in [7, 11) is 0. The molecule has 1 amide bonds. The summed E-state index contributed by atoms with van der Waals surface area (Å²) in [6.45, 7) is 3.03. The highest BCUT2D eigenvalue weighted by atomic mass is 16.2. The summed E-state index contributed by atoms with van der Waals surface area (Å²) in [5, 5.41) is 6.51. The van der Waals surface area contributed by atoms with Crippen LogP contribution in [0.3, 0.4) is 0 Å². The first-order valence-corrected chi connectivity index (χ1v) is 7.19. The third-order valence-corrected chi connectivity index (χ3v) is 4.59. The second-order valence-electron chi connectivity index (χ2n) is 5.75. The maximum Gasteiger partial charge on any atom is 0.237 e. The number of aromatic nitrogens is 1. The van der Waals surface area contributed by atoms with E-state index < -0.39 is 0 Å². The summed E-state index contributed by atoms with van der Waals surface area (Å²) >= 11 is 0. The molecule has 1 aliphatic carbocycles. The zero-order valence-corrected chi connectivity index (χ0v) is 11.3. The van der Waals surface area contributed by atoms with Crippen molar-refractivity contribution in [3.05, 3.63) is 30.1 Å². The van der Waals surface area contributed by atoms with Gasteiger partial charge in [-0.3, -0.25) is 9.78 Å². The van der Waals surface area contributed by atoms with Crippen LogP contribution in [0.2, 0.25) is 0 Å². The van der Waals surface area contributed by atoms with Crippen LogP contribution in [0.25, 0.3) is 0 Å². The van der Waals surface area contributed by atoms with Crippen LogP contribution in [-0.2, 0) is 4.79 Å². The summed E-state index contributed by atoms with van der Waals surface area (Å²) in [6.07, 6.45) is 7.28. The first-order valence-electron chi connectivity index (χ1n) is 7.19. The Labute approximate surface area is 114 Å². The predicted octanol–water partition coefficient (Wildman–Crippen LogP) is 1.65. The molecule has 0 radical (unpaired) electrons. The lowest BCUT2D eigenvalue weighted by Gasteiger charge is -2.21. The number of fused-ring (bicyclic) bond motifs is 1. The maximum absolute atomic E-state index is 12.4. The van der Waals surface area contributed by atoms with Gasteiger partial charge in [0.1, 0.15) is 0 Å². The largest absolute Gasteiger partial charge is 0.348 e. The van der Waals surface area contributed by atoms with Crippen molar-refractivity contribution in [2.75, 3.05) is 6.54 Å². The van der Waals surface area contributed by atoms with Gasteiger partial charge in [0.15, 0.2) is 0 Å². The Morgan fingerprint density at radius 2 is 2.21 bits per heavy atom. The van der Waals surface area contributed by atoms with E-state index in [1.54, 1.807) is 12.4 Å². The number of hydrogen-bond acceptors (Lipinski definition) is 3. The monoisotopic (exact) mass is 259 g/mol. The molecule has 1 aromatic heterocycles. The van der Waals surface area contributed by atoms with Gasteiger partial charge in [0.2, 0.25) is 5.91 Å². The fourth-order valence-corrected chi connectivity index (χ4v) is 3.51. The minimum absolute atomic E-state index is 0.0109. The molecule has 0 aromatic carbocycles. The van der Waals surface area contributed by atoms with E-state index >= 15 is 0 Å². The Kier molecular flexibility index (Phi) is 3.51. The Balaban J connectivity index is 1.62. The summed E-state index contributed by atoms with van der Waals surface area (Å²) in [5.41, 5.74) is 1.10. The molecule has 2 heterocycles. The number of carbonyl (C=O) groups is 1. The van der Waals surface area contributed by atoms with Crippen molar-refractivity contribution in [3.8, 4) is 0 Å². The number of rotatable bonds is 3. The quantitative estimate of drug-likeness (QED) is 0.868. The third kappa shape index (κ3) is 2.50. The van der Waals surface area contributed by atoms with E-state index in [1.807, 2.05) is 19.1 Å². The number of carbonyl (C=O) groups excluding carboxylic acids is 1. The van der Waals surface area contributed by atoms with Crippen LogP contribution in [-0.4, -0.2) is 23.5 Å². The van der Waals surface area contributed by atoms with E-state index in [1.165, 1.54) is 19.3 Å². The lowest BCUT2D eigenvalue weighted by atomic mass is 9.93. The molecular formula is C15H21N3O. The molecule has 2 fully saturated rings. The second-order valence-corrected chi connectivity index (χ2v) is 5.75. The van der Waals surface area contributed by atoms with Crippen LogP contribution in [0.15, 0.2) is 24.5 Å². The lowest BCUT2D eigenvalue weighted by Crippen LogP contribution is -2.44. The first kappa shape index (κ1) is 12.6. The van der Waals surface area contributed by atoms with E-state index in [0.29, 0.717) is 11.8 Å². The molecule has 4 heteroatoms. The molecule has 2 N–H and O–H groups in total. The standard InChI is InChI=1S/C15H21N3O/c1-10(11-5-7-16-8-6-11)18-15(19)14-13-4-2-3-12(13)9-17-14/h5-8,10,12-14,17H,2-4,9H2,1H3,(H,18,19)/t10-,12?,13?,14?/m1/s1. The van der Waals surface area contributed by atoms with Gasteiger partial charge in [-0.1, -0.05) is 6.42 Å². The van der Waals surface area contributed by atoms with Crippen LogP contribution in [0.4, 0.5) is 0 Å². The van der Waals surface area contributed by atoms with Gasteiger partial charge < -0.3 is 10.6 Å². The molecule has 1 aliphatic heterocycles. The number of nitrogens with zero attached hydrogens (tertiary/aromatic N) is 1. The molecule has 102 valence electrons. The van der Waals surface area contributed by atoms with E-state index in [0.717, 1.165) is 12.1 Å². The first-order chi connectivity index (χ1) is 9.25. The Morgan fingerprint density at radius 3 is 3.00 bits per heavy atom. The minimum Gasteiger partial charge on any atom is -0.348 e. The van der Waals surface area contributed by atoms with Crippen molar-refractivity contribution in [2.45, 2.75) is 38.3 Å². The summed E-state index contributed by atoms with van der Waals surface area (Å²) in [4.78, 5) is 16.4. The van der Waals surface area contributed by atoms with Crippen LogP contribution in [0.1, 0.15) is 37.8 Å². The van der Waals surface area contributed by atoms with Gasteiger partial charge in [0.25, 0.3) is 0 Å². The zero-order valence-electron chi connectivity index (χ0n) is 11.3. The summed E-state index contributed by atoms with van der Waals surface area (Å²) < 4.78 is 0. The molecule has 3 unspecified atom stereocenters. The molecule has 1 aromatic rings. The average molecular weight is 259 g/mol. The lowest BCUT2D eigenvalue weighted by molar-refractivity contribution is -0.124. The molecule has 0 bridgehead atoms. The van der Waals surface area contributed by atoms with Crippen molar-refractivity contribution in [2.24, 2.45) is 11.8 Å². The zero-order chi connectivity index (χ0) is 13.2. The number of pyridine rings is 1. The van der Waals surface area contributed by atoms with Crippen molar-refractivity contribution >= 4 is 5.91 Å². The highest BCUT2D eigenvalue weighted by Crippen LogP contribution is 2.37. The van der Waals surface area contributed by atoms with Crippen LogP contribution < -0.4 is 10.6 Å². The van der Waals surface area contributed by atoms with Gasteiger partial charge >= 0.3 is 0 Å². The van der Waals surface area contributed by atoms with Gasteiger partial charge in [0.05, 0.1) is 12.1 Å². The van der Waals surface area contributed by atoms with Crippen molar-refractivity contribution in [1.29, 1.82) is 0 Å². The predicted molar refractivity (Wildman–Crippen MR) is 73.4 cm³/mol. The fourth-order valence-electron chi connectivity index (χ4n) is 3.51. The second kappa shape index (κ2) is 5.29. The van der Waals surface area contributed by atoms with Crippen molar-refractivity contribution in [3.63, 3.8) is 0 Å². The van der Waals surface area contributed by atoms with Gasteiger partial charge in [0, 0.05) is 12.4 Å². The van der Waals surface area contributed by atoms with Gasteiger partial charge in [-0.2, -0.15) is 0 Å². The van der Waals surface area contributed by atoms with E-state index in [4.69, 9.17) is 0 Å². The molecule has 19 heavy (non-hydrogen) atoms. The SMILES string of the molecule is C[C@@H](NC(=O)C1NCC2CCCC21)c1ccncc1. The number of amides is 1. The normalized spacial score (nSPS) is 30.9. The van der Waals surface area contributed by atoms with E-state index in [2.05, 4.69) is 15.6 Å². The Bertz CT molecular complexity index is 448. The maximum atomic E-state index is 12.4. The van der Waals surface area contributed by atoms with Crippen LogP contribution >= 0.6 is 0 Å². The molecule has 3 rings (SSSR count). The molecular weight excluding hydrogens is 238 g/mol. The third-order valence-electron chi connectivity index (χ3n) is 4.59. The summed E-state index contributed by atoms with van der Waals surface area (Å²) in [5.74, 6) is 1.41. The van der Waals surface area contributed by atoms with Crippen molar-refractivity contribution in [1.82, 2.24) is 15.6 Å². The number of hydrogen-bond donors (Lipinski definition) is 2. The fraction of sp³-hybridized carbons (Fsp3) is 0.600. The molecule has 0 spiro atoms. The van der Waals surface area contributed by atoms with Crippen LogP contribution in [0, 0.1) is 11.8 Å². The van der Waals surface area contributed by atoms with Gasteiger partial charge in [-0.05, 0) is 55.8 Å². The van der Waals surface area contributed by atoms with E-state index in [-0.39, 0.29) is 18.0 Å². The van der Waals surface area contributed by atoms with Gasteiger partial charge in [-0.25, -0.2) is 0 Å². The Morgan fingerprint density at radius 1 is 1.42 bits per heavy atom. The van der Waals surface area contributed by atoms with E-state index in [9.17, 15) is 4.79 Å². The molecule has 2 aliphatic rings. The topological polar surface area (TPSA) is 54.0 Å². The average Bonchev–Trinajstić information content (AvgIpc) is 3.01. The smallest absolute Gasteiger partial charge is 0.237 e. The highest BCUT2D eigenvalue weighted by Gasteiger charge is 2.42. The molecule has 1 saturated heterocycles. The van der Waals surface area contributed by atoms with Crippen molar-refractivity contribution < 1.29 is 4.79 Å². The Hall–Kier alpha value is -1.42. The molecule has 4 nitrogen and oxygen atoms in total. The number of nitrogens with one attached hydrogen (secondary N) is 2. The molecule has 4 atom stereocenters. The van der Waals surface area contributed by atoms with Gasteiger partial charge in [-0.15, -0.1) is 0 Å².